The first-order valence-corrected chi connectivity index (χ1v) is 9.13. The second-order valence-electron chi connectivity index (χ2n) is 6.22. The lowest BCUT2D eigenvalue weighted by atomic mass is 10.1. The summed E-state index contributed by atoms with van der Waals surface area (Å²) in [5.74, 6) is 0. The van der Waals surface area contributed by atoms with Crippen molar-refractivity contribution in [2.24, 2.45) is 0 Å². The predicted octanol–water partition coefficient (Wildman–Crippen LogP) is 4.34. The Balaban J connectivity index is 1.48. The topological polar surface area (TPSA) is 27.3 Å². The maximum absolute atomic E-state index is 5.38. The number of nitrogens with zero attached hydrogens (tertiary/aromatic N) is 1. The molecule has 3 rings (SSSR count). The van der Waals surface area contributed by atoms with E-state index in [0.29, 0.717) is 5.11 Å². The molecule has 0 spiro atoms. The molecular weight excluding hydrogens is 314 g/mol. The first-order valence-electron chi connectivity index (χ1n) is 8.72. The highest BCUT2D eigenvalue weighted by atomic mass is 32.1. The fraction of sp³-hybridized carbons (Fsp3) is 0.350. The number of benzene rings is 2. The molecule has 1 aliphatic heterocycles. The third kappa shape index (κ3) is 4.48. The Morgan fingerprint density at radius 1 is 0.958 bits per heavy atom. The van der Waals surface area contributed by atoms with Crippen molar-refractivity contribution in [2.75, 3.05) is 23.3 Å². The molecule has 0 radical (unpaired) electrons. The summed E-state index contributed by atoms with van der Waals surface area (Å²) in [6.07, 6.45) is 3.67. The van der Waals surface area contributed by atoms with Gasteiger partial charge in [-0.3, -0.25) is 0 Å². The van der Waals surface area contributed by atoms with Crippen LogP contribution in [0.25, 0.3) is 0 Å². The van der Waals surface area contributed by atoms with Gasteiger partial charge in [-0.05, 0) is 66.9 Å². The number of rotatable bonds is 5. The highest BCUT2D eigenvalue weighted by Crippen LogP contribution is 2.20. The molecule has 0 aliphatic carbocycles. The van der Waals surface area contributed by atoms with Gasteiger partial charge in [0.1, 0.15) is 0 Å². The van der Waals surface area contributed by atoms with E-state index in [1.807, 2.05) is 0 Å². The molecule has 0 bridgehead atoms. The van der Waals surface area contributed by atoms with Gasteiger partial charge >= 0.3 is 0 Å². The van der Waals surface area contributed by atoms with Crippen LogP contribution in [0.5, 0.6) is 0 Å². The summed E-state index contributed by atoms with van der Waals surface area (Å²) in [6.45, 7) is 5.26. The third-order valence-electron chi connectivity index (χ3n) is 4.48. The zero-order valence-electron chi connectivity index (χ0n) is 14.2. The molecule has 1 aliphatic rings. The lowest BCUT2D eigenvalue weighted by molar-refractivity contribution is 0.921. The van der Waals surface area contributed by atoms with Crippen molar-refractivity contribution in [2.45, 2.75) is 32.7 Å². The highest BCUT2D eigenvalue weighted by Gasteiger charge is 2.11. The molecule has 0 aromatic heterocycles. The maximum atomic E-state index is 5.38. The number of aryl methyl sites for hydroxylation is 1. The molecule has 0 unspecified atom stereocenters. The van der Waals surface area contributed by atoms with Crippen molar-refractivity contribution in [1.29, 1.82) is 0 Å². The largest absolute Gasteiger partial charge is 0.372 e. The molecule has 1 heterocycles. The fourth-order valence-corrected chi connectivity index (χ4v) is 3.17. The molecule has 1 saturated heterocycles. The zero-order valence-corrected chi connectivity index (χ0v) is 15.0. The number of hydrogen-bond acceptors (Lipinski definition) is 2. The van der Waals surface area contributed by atoms with E-state index in [-0.39, 0.29) is 0 Å². The van der Waals surface area contributed by atoms with Gasteiger partial charge in [-0.1, -0.05) is 31.2 Å². The predicted molar refractivity (Wildman–Crippen MR) is 107 cm³/mol. The minimum atomic E-state index is 0.655. The van der Waals surface area contributed by atoms with Crippen LogP contribution in [-0.4, -0.2) is 18.2 Å². The standard InChI is InChI=1S/C20H25N3S/c1-2-16-5-9-18(10-6-16)22-20(24)21-15-17-7-11-19(12-8-17)23-13-3-4-14-23/h5-12H,2-4,13-15H2,1H3,(H2,21,22,24). The van der Waals surface area contributed by atoms with Crippen LogP contribution in [-0.2, 0) is 13.0 Å². The van der Waals surface area contributed by atoms with Crippen LogP contribution >= 0.6 is 12.2 Å². The molecule has 126 valence electrons. The summed E-state index contributed by atoms with van der Waals surface area (Å²) in [4.78, 5) is 2.45. The molecule has 4 heteroatoms. The number of thiocarbonyl (C=S) groups is 1. The van der Waals surface area contributed by atoms with Crippen molar-refractivity contribution in [3.63, 3.8) is 0 Å². The van der Waals surface area contributed by atoms with Crippen LogP contribution < -0.4 is 15.5 Å². The Kier molecular flexibility index (Phi) is 5.70. The third-order valence-corrected chi connectivity index (χ3v) is 4.73. The summed E-state index contributed by atoms with van der Waals surface area (Å²) in [7, 11) is 0. The van der Waals surface area contributed by atoms with E-state index in [4.69, 9.17) is 12.2 Å². The summed E-state index contributed by atoms with van der Waals surface area (Å²) in [5.41, 5.74) is 4.92. The molecule has 2 N–H and O–H groups in total. The van der Waals surface area contributed by atoms with Gasteiger partial charge in [0.25, 0.3) is 0 Å². The number of anilines is 2. The van der Waals surface area contributed by atoms with Crippen LogP contribution in [0.2, 0.25) is 0 Å². The van der Waals surface area contributed by atoms with Crippen LogP contribution in [0.15, 0.2) is 48.5 Å². The van der Waals surface area contributed by atoms with Crippen molar-refractivity contribution in [1.82, 2.24) is 5.32 Å². The SMILES string of the molecule is CCc1ccc(NC(=S)NCc2ccc(N3CCCC3)cc2)cc1. The highest BCUT2D eigenvalue weighted by molar-refractivity contribution is 7.80. The molecule has 0 saturated carbocycles. The zero-order chi connectivity index (χ0) is 16.8. The Labute approximate surface area is 150 Å². The fourth-order valence-electron chi connectivity index (χ4n) is 2.98. The average molecular weight is 340 g/mol. The van der Waals surface area contributed by atoms with Crippen LogP contribution in [0, 0.1) is 0 Å². The van der Waals surface area contributed by atoms with Gasteiger partial charge in [-0.2, -0.15) is 0 Å². The molecule has 3 nitrogen and oxygen atoms in total. The molecule has 0 amide bonds. The van der Waals surface area contributed by atoms with E-state index in [1.54, 1.807) is 0 Å². The minimum absolute atomic E-state index is 0.655. The quantitative estimate of drug-likeness (QED) is 0.793. The van der Waals surface area contributed by atoms with E-state index >= 15 is 0 Å². The number of nitrogens with one attached hydrogen (secondary N) is 2. The van der Waals surface area contributed by atoms with Gasteiger partial charge in [-0.25, -0.2) is 0 Å². The van der Waals surface area contributed by atoms with Crippen LogP contribution in [0.1, 0.15) is 30.9 Å². The second-order valence-corrected chi connectivity index (χ2v) is 6.63. The summed E-state index contributed by atoms with van der Waals surface area (Å²) in [5, 5.41) is 7.16. The lowest BCUT2D eigenvalue weighted by Crippen LogP contribution is -2.27. The molecular formula is C20H25N3S. The summed E-state index contributed by atoms with van der Waals surface area (Å²) >= 11 is 5.38. The minimum Gasteiger partial charge on any atom is -0.372 e. The monoisotopic (exact) mass is 339 g/mol. The van der Waals surface area contributed by atoms with Gasteiger partial charge in [-0.15, -0.1) is 0 Å². The van der Waals surface area contributed by atoms with Gasteiger partial charge in [0.15, 0.2) is 5.11 Å². The second kappa shape index (κ2) is 8.15. The van der Waals surface area contributed by atoms with Crippen molar-refractivity contribution in [3.05, 3.63) is 59.7 Å². The Bertz CT molecular complexity index is 658. The van der Waals surface area contributed by atoms with Crippen molar-refractivity contribution in [3.8, 4) is 0 Å². The van der Waals surface area contributed by atoms with Crippen LogP contribution in [0.3, 0.4) is 0 Å². The first kappa shape index (κ1) is 16.8. The Morgan fingerprint density at radius 3 is 2.21 bits per heavy atom. The first-order chi connectivity index (χ1) is 11.7. The lowest BCUT2D eigenvalue weighted by Gasteiger charge is -2.18. The Morgan fingerprint density at radius 2 is 1.58 bits per heavy atom. The van der Waals surface area contributed by atoms with Gasteiger partial charge in [0.2, 0.25) is 0 Å². The summed E-state index contributed by atoms with van der Waals surface area (Å²) in [6, 6.07) is 17.2. The molecule has 24 heavy (non-hydrogen) atoms. The maximum Gasteiger partial charge on any atom is 0.171 e. The van der Waals surface area contributed by atoms with Crippen molar-refractivity contribution < 1.29 is 0 Å². The van der Waals surface area contributed by atoms with E-state index in [9.17, 15) is 0 Å². The van der Waals surface area contributed by atoms with E-state index in [0.717, 1.165) is 18.7 Å². The van der Waals surface area contributed by atoms with Gasteiger partial charge < -0.3 is 15.5 Å². The van der Waals surface area contributed by atoms with Gasteiger partial charge in [0.05, 0.1) is 0 Å². The smallest absolute Gasteiger partial charge is 0.171 e. The molecule has 2 aromatic rings. The molecule has 2 aromatic carbocycles. The van der Waals surface area contributed by atoms with Crippen LogP contribution in [0.4, 0.5) is 11.4 Å². The summed E-state index contributed by atoms with van der Waals surface area (Å²) < 4.78 is 0. The molecule has 1 fully saturated rings. The number of hydrogen-bond donors (Lipinski definition) is 2. The van der Waals surface area contributed by atoms with E-state index in [1.165, 1.54) is 42.7 Å². The van der Waals surface area contributed by atoms with Gasteiger partial charge in [0, 0.05) is 31.0 Å². The van der Waals surface area contributed by atoms with E-state index in [2.05, 4.69) is 71.0 Å². The average Bonchev–Trinajstić information content (AvgIpc) is 3.16. The van der Waals surface area contributed by atoms with E-state index < -0.39 is 0 Å². The normalized spacial score (nSPS) is 13.8. The van der Waals surface area contributed by atoms with Crippen molar-refractivity contribution >= 4 is 28.7 Å². The Hall–Kier alpha value is -2.07. The molecule has 0 atom stereocenters.